The number of nitrogens with zero attached hydrogens (tertiary/aromatic N) is 1. The number of esters is 1. The van der Waals surface area contributed by atoms with Gasteiger partial charge in [0.25, 0.3) is 0 Å². The molecule has 2 unspecified atom stereocenters. The van der Waals surface area contributed by atoms with E-state index < -0.39 is 29.4 Å². The van der Waals surface area contributed by atoms with Crippen molar-refractivity contribution >= 4 is 39.7 Å². The van der Waals surface area contributed by atoms with Gasteiger partial charge in [-0.15, -0.1) is 0 Å². The van der Waals surface area contributed by atoms with Gasteiger partial charge in [0.05, 0.1) is 7.11 Å². The first-order chi connectivity index (χ1) is 17.2. The average Bonchev–Trinajstić information content (AvgIpc) is 3.46. The van der Waals surface area contributed by atoms with Gasteiger partial charge in [-0.1, -0.05) is 39.0 Å². The van der Waals surface area contributed by atoms with Crippen LogP contribution in [0.5, 0.6) is 0 Å². The summed E-state index contributed by atoms with van der Waals surface area (Å²) in [5, 5.41) is 7.52. The smallest absolute Gasteiger partial charge is 0.328 e. The first-order valence-electron chi connectivity index (χ1n) is 11.8. The fourth-order valence-corrected chi connectivity index (χ4v) is 4.11. The van der Waals surface area contributed by atoms with Crippen LogP contribution in [-0.4, -0.2) is 51.9 Å². The number of H-pyrrole nitrogens is 2. The number of fused-ring (bicyclic) bond motifs is 2. The summed E-state index contributed by atoms with van der Waals surface area (Å²) in [5.74, 6) is -1.30. The number of pyridine rings is 1. The standard InChI is InChI=1S/C27H31N5O4/c1-27(2,3)26(35)32-21(12-16-14-29-20-10-6-5-8-18(16)20)24(33)31-22(25(34)36-4)13-17-15-30-23-19(17)9-7-11-28-23/h5-11,14-15,21-22,29H,12-13H2,1-4H3,(H,28,30)(H,31,33)(H,32,35). The number of carbonyl (C=O) groups excluding carboxylic acids is 3. The Kier molecular flexibility index (Phi) is 7.10. The highest BCUT2D eigenvalue weighted by Crippen LogP contribution is 2.21. The summed E-state index contributed by atoms with van der Waals surface area (Å²) in [6, 6.07) is 9.63. The summed E-state index contributed by atoms with van der Waals surface area (Å²) in [6.45, 7) is 5.35. The van der Waals surface area contributed by atoms with Gasteiger partial charge in [0.2, 0.25) is 11.8 Å². The summed E-state index contributed by atoms with van der Waals surface area (Å²) < 4.78 is 4.98. The Morgan fingerprint density at radius 2 is 1.58 bits per heavy atom. The first-order valence-corrected chi connectivity index (χ1v) is 11.8. The molecule has 2 atom stereocenters. The fourth-order valence-electron chi connectivity index (χ4n) is 4.11. The number of amides is 2. The number of benzene rings is 1. The third kappa shape index (κ3) is 5.40. The lowest BCUT2D eigenvalue weighted by Crippen LogP contribution is -2.54. The molecule has 3 aromatic heterocycles. The van der Waals surface area contributed by atoms with Crippen molar-refractivity contribution < 1.29 is 19.1 Å². The molecule has 4 N–H and O–H groups in total. The van der Waals surface area contributed by atoms with E-state index in [4.69, 9.17) is 4.74 Å². The second kappa shape index (κ2) is 10.2. The second-order valence-corrected chi connectivity index (χ2v) is 9.84. The summed E-state index contributed by atoms with van der Waals surface area (Å²) in [4.78, 5) is 49.6. The number of nitrogens with one attached hydrogen (secondary N) is 4. The summed E-state index contributed by atoms with van der Waals surface area (Å²) in [7, 11) is 1.28. The molecule has 188 valence electrons. The molecule has 0 aliphatic heterocycles. The number of hydrogen-bond acceptors (Lipinski definition) is 5. The molecule has 0 radical (unpaired) electrons. The molecule has 0 saturated heterocycles. The van der Waals surface area contributed by atoms with Crippen LogP contribution in [0.2, 0.25) is 0 Å². The Bertz CT molecular complexity index is 1400. The van der Waals surface area contributed by atoms with Gasteiger partial charge in [0.1, 0.15) is 17.7 Å². The highest BCUT2D eigenvalue weighted by Gasteiger charge is 2.31. The van der Waals surface area contributed by atoms with Crippen LogP contribution in [0.3, 0.4) is 0 Å². The second-order valence-electron chi connectivity index (χ2n) is 9.84. The number of aromatic nitrogens is 3. The highest BCUT2D eigenvalue weighted by molar-refractivity contribution is 5.93. The summed E-state index contributed by atoms with van der Waals surface area (Å²) in [5.41, 5.74) is 2.64. The lowest BCUT2D eigenvalue weighted by molar-refractivity contribution is -0.145. The molecule has 9 nitrogen and oxygen atoms in total. The Labute approximate surface area is 209 Å². The molecule has 0 aliphatic rings. The zero-order valence-corrected chi connectivity index (χ0v) is 20.8. The quantitative estimate of drug-likeness (QED) is 0.283. The van der Waals surface area contributed by atoms with E-state index in [0.717, 1.165) is 27.4 Å². The molecule has 4 rings (SSSR count). The van der Waals surface area contributed by atoms with Crippen LogP contribution < -0.4 is 10.6 Å². The van der Waals surface area contributed by atoms with Gasteiger partial charge < -0.3 is 25.3 Å². The van der Waals surface area contributed by atoms with Crippen molar-refractivity contribution in [3.05, 3.63) is 66.1 Å². The molecule has 9 heteroatoms. The Balaban J connectivity index is 1.59. The maximum absolute atomic E-state index is 13.5. The predicted octanol–water partition coefficient (Wildman–Crippen LogP) is 3.02. The lowest BCUT2D eigenvalue weighted by Gasteiger charge is -2.25. The number of para-hydroxylation sites is 1. The third-order valence-electron chi connectivity index (χ3n) is 6.16. The summed E-state index contributed by atoms with van der Waals surface area (Å²) >= 11 is 0. The van der Waals surface area contributed by atoms with E-state index >= 15 is 0 Å². The van der Waals surface area contributed by atoms with E-state index in [9.17, 15) is 14.4 Å². The zero-order valence-electron chi connectivity index (χ0n) is 20.8. The van der Waals surface area contributed by atoms with Crippen molar-refractivity contribution in [2.24, 2.45) is 5.41 Å². The van der Waals surface area contributed by atoms with Crippen molar-refractivity contribution in [1.82, 2.24) is 25.6 Å². The average molecular weight is 490 g/mol. The Morgan fingerprint density at radius 3 is 2.33 bits per heavy atom. The van der Waals surface area contributed by atoms with Crippen molar-refractivity contribution in [3.8, 4) is 0 Å². The van der Waals surface area contributed by atoms with Crippen molar-refractivity contribution in [3.63, 3.8) is 0 Å². The van der Waals surface area contributed by atoms with E-state index in [0.29, 0.717) is 5.65 Å². The SMILES string of the molecule is COC(=O)C(Cc1c[nH]c2ncccc12)NC(=O)C(Cc1c[nH]c2ccccc12)NC(=O)C(C)(C)C. The topological polar surface area (TPSA) is 129 Å². The van der Waals surface area contributed by atoms with Crippen LogP contribution in [0.1, 0.15) is 31.9 Å². The van der Waals surface area contributed by atoms with Gasteiger partial charge in [-0.3, -0.25) is 9.59 Å². The van der Waals surface area contributed by atoms with Gasteiger partial charge in [0, 0.05) is 53.1 Å². The molecular formula is C27H31N5O4. The van der Waals surface area contributed by atoms with E-state index in [1.54, 1.807) is 33.2 Å². The number of carbonyl (C=O) groups is 3. The summed E-state index contributed by atoms with van der Waals surface area (Å²) in [6.07, 6.45) is 5.74. The molecule has 1 aromatic carbocycles. The van der Waals surface area contributed by atoms with Gasteiger partial charge in [-0.25, -0.2) is 9.78 Å². The molecule has 0 spiro atoms. The molecule has 0 aliphatic carbocycles. The number of aromatic amines is 2. The van der Waals surface area contributed by atoms with Gasteiger partial charge in [-0.2, -0.15) is 0 Å². The largest absolute Gasteiger partial charge is 0.467 e. The first kappa shape index (κ1) is 25.0. The molecule has 0 saturated carbocycles. The third-order valence-corrected chi connectivity index (χ3v) is 6.16. The molecular weight excluding hydrogens is 458 g/mol. The predicted molar refractivity (Wildman–Crippen MR) is 137 cm³/mol. The number of methoxy groups -OCH3 is 1. The van der Waals surface area contributed by atoms with Gasteiger partial charge >= 0.3 is 5.97 Å². The number of rotatable bonds is 8. The van der Waals surface area contributed by atoms with Gasteiger partial charge in [-0.05, 0) is 29.3 Å². The van der Waals surface area contributed by atoms with Gasteiger partial charge in [0.15, 0.2) is 0 Å². The van der Waals surface area contributed by atoms with E-state index in [1.165, 1.54) is 7.11 Å². The molecule has 3 heterocycles. The number of ether oxygens (including phenoxy) is 1. The van der Waals surface area contributed by atoms with Crippen LogP contribution in [0.25, 0.3) is 21.9 Å². The molecule has 36 heavy (non-hydrogen) atoms. The van der Waals surface area contributed by atoms with Crippen LogP contribution in [0.4, 0.5) is 0 Å². The van der Waals surface area contributed by atoms with E-state index in [-0.39, 0.29) is 18.7 Å². The maximum Gasteiger partial charge on any atom is 0.328 e. The van der Waals surface area contributed by atoms with Crippen molar-refractivity contribution in [2.45, 2.75) is 45.7 Å². The molecule has 4 aromatic rings. The molecule has 0 bridgehead atoms. The monoisotopic (exact) mass is 489 g/mol. The van der Waals surface area contributed by atoms with Crippen LogP contribution >= 0.6 is 0 Å². The maximum atomic E-state index is 13.5. The minimum atomic E-state index is -0.946. The Morgan fingerprint density at radius 1 is 0.917 bits per heavy atom. The minimum Gasteiger partial charge on any atom is -0.467 e. The molecule has 2 amide bonds. The number of hydrogen-bond donors (Lipinski definition) is 4. The van der Waals surface area contributed by atoms with Crippen molar-refractivity contribution in [1.29, 1.82) is 0 Å². The normalized spacial score (nSPS) is 13.3. The Hall–Kier alpha value is -4.14. The van der Waals surface area contributed by atoms with Crippen LogP contribution in [0.15, 0.2) is 55.0 Å². The zero-order chi connectivity index (χ0) is 25.9. The minimum absolute atomic E-state index is 0.205. The van der Waals surface area contributed by atoms with E-state index in [2.05, 4.69) is 25.6 Å². The van der Waals surface area contributed by atoms with E-state index in [1.807, 2.05) is 42.6 Å². The van der Waals surface area contributed by atoms with Crippen molar-refractivity contribution in [2.75, 3.05) is 7.11 Å². The van der Waals surface area contributed by atoms with Crippen LogP contribution in [0, 0.1) is 5.41 Å². The highest BCUT2D eigenvalue weighted by atomic mass is 16.5. The fraction of sp³-hybridized carbons (Fsp3) is 0.333. The molecule has 0 fully saturated rings. The van der Waals surface area contributed by atoms with Crippen LogP contribution in [-0.2, 0) is 32.0 Å². The lowest BCUT2D eigenvalue weighted by atomic mass is 9.94.